The smallest absolute Gasteiger partial charge is 0.378 e. The van der Waals surface area contributed by atoms with E-state index >= 15 is 0 Å². The van der Waals surface area contributed by atoms with Gasteiger partial charge in [0.25, 0.3) is 5.82 Å². The van der Waals surface area contributed by atoms with Crippen LogP contribution in [0.15, 0.2) is 4.52 Å². The molecule has 15 heavy (non-hydrogen) atoms. The third-order valence-corrected chi connectivity index (χ3v) is 1.95. The van der Waals surface area contributed by atoms with Gasteiger partial charge in [-0.1, -0.05) is 0 Å². The fourth-order valence-electron chi connectivity index (χ4n) is 1.21. The fourth-order valence-corrected chi connectivity index (χ4v) is 1.21. The molecule has 0 bridgehead atoms. The molecular weight excluding hydrogens is 215 g/mol. The Balaban J connectivity index is 2.12. The molecule has 0 aromatic carbocycles. The highest BCUT2D eigenvalue weighted by Gasteiger charge is 2.38. The number of aromatic nitrogens is 2. The van der Waals surface area contributed by atoms with Gasteiger partial charge in [-0.25, -0.2) is 0 Å². The largest absolute Gasteiger partial charge is 0.455 e. The highest BCUT2D eigenvalue weighted by Crippen LogP contribution is 2.28. The molecule has 0 amide bonds. The summed E-state index contributed by atoms with van der Waals surface area (Å²) >= 11 is 0. The van der Waals surface area contributed by atoms with Crippen molar-refractivity contribution in [1.29, 1.82) is 0 Å². The third-order valence-electron chi connectivity index (χ3n) is 1.95. The van der Waals surface area contributed by atoms with Gasteiger partial charge in [0.2, 0.25) is 0 Å². The van der Waals surface area contributed by atoms with E-state index in [1.54, 1.807) is 4.90 Å². The highest BCUT2D eigenvalue weighted by molar-refractivity contribution is 5.25. The lowest BCUT2D eigenvalue weighted by molar-refractivity contribution is -0.146. The Kier molecular flexibility index (Phi) is 2.51. The van der Waals surface area contributed by atoms with Gasteiger partial charge in [0.05, 0.1) is 13.2 Å². The van der Waals surface area contributed by atoms with Crippen LogP contribution in [-0.2, 0) is 10.9 Å². The van der Waals surface area contributed by atoms with Gasteiger partial charge in [0.1, 0.15) is 0 Å². The number of anilines is 1. The van der Waals surface area contributed by atoms with Crippen LogP contribution in [0.4, 0.5) is 19.2 Å². The van der Waals surface area contributed by atoms with Crippen molar-refractivity contribution in [3.05, 3.63) is 5.82 Å². The van der Waals surface area contributed by atoms with Crippen molar-refractivity contribution in [3.8, 4) is 0 Å². The van der Waals surface area contributed by atoms with E-state index in [4.69, 9.17) is 4.74 Å². The van der Waals surface area contributed by atoms with Crippen LogP contribution in [0.2, 0.25) is 0 Å². The molecule has 1 aliphatic rings. The Bertz CT molecular complexity index is 332. The van der Waals surface area contributed by atoms with E-state index in [0.29, 0.717) is 26.3 Å². The zero-order valence-electron chi connectivity index (χ0n) is 7.62. The van der Waals surface area contributed by atoms with Gasteiger partial charge >= 0.3 is 12.2 Å². The van der Waals surface area contributed by atoms with Crippen LogP contribution >= 0.6 is 0 Å². The second kappa shape index (κ2) is 3.69. The second-order valence-electron chi connectivity index (χ2n) is 3.00. The van der Waals surface area contributed by atoms with Crippen LogP contribution in [-0.4, -0.2) is 36.4 Å². The number of halogens is 3. The molecule has 2 heterocycles. The summed E-state index contributed by atoms with van der Waals surface area (Å²) in [6, 6.07) is -0.106. The van der Waals surface area contributed by atoms with Gasteiger partial charge in [-0.2, -0.15) is 18.2 Å². The Hall–Kier alpha value is -1.31. The van der Waals surface area contributed by atoms with Crippen molar-refractivity contribution in [2.24, 2.45) is 0 Å². The number of rotatable bonds is 1. The predicted octanol–water partition coefficient (Wildman–Crippen LogP) is 0.925. The molecule has 8 heteroatoms. The van der Waals surface area contributed by atoms with E-state index in [9.17, 15) is 13.2 Å². The summed E-state index contributed by atoms with van der Waals surface area (Å²) in [5, 5.41) is 2.87. The van der Waals surface area contributed by atoms with Gasteiger partial charge < -0.3 is 14.2 Å². The molecule has 1 aromatic rings. The summed E-state index contributed by atoms with van der Waals surface area (Å²) in [6.45, 7) is 1.81. The lowest BCUT2D eigenvalue weighted by atomic mass is 10.4. The second-order valence-corrected chi connectivity index (χ2v) is 3.00. The van der Waals surface area contributed by atoms with Crippen molar-refractivity contribution in [2.45, 2.75) is 6.18 Å². The van der Waals surface area contributed by atoms with Crippen LogP contribution < -0.4 is 4.90 Å². The minimum atomic E-state index is -4.56. The van der Waals surface area contributed by atoms with E-state index < -0.39 is 12.0 Å². The van der Waals surface area contributed by atoms with Crippen molar-refractivity contribution in [1.82, 2.24) is 10.1 Å². The van der Waals surface area contributed by atoms with Crippen LogP contribution in [0.3, 0.4) is 0 Å². The number of hydrogen-bond acceptors (Lipinski definition) is 5. The monoisotopic (exact) mass is 223 g/mol. The summed E-state index contributed by atoms with van der Waals surface area (Å²) in [6.07, 6.45) is -4.56. The Labute approximate surface area is 82.8 Å². The van der Waals surface area contributed by atoms with Crippen LogP contribution in [0.1, 0.15) is 5.82 Å². The van der Waals surface area contributed by atoms with Crippen molar-refractivity contribution in [3.63, 3.8) is 0 Å². The number of hydrogen-bond donors (Lipinski definition) is 0. The maximum Gasteiger partial charge on any atom is 0.455 e. The lowest BCUT2D eigenvalue weighted by Gasteiger charge is -2.24. The Morgan fingerprint density at radius 1 is 1.20 bits per heavy atom. The summed E-state index contributed by atoms with van der Waals surface area (Å²) in [5.74, 6) is -1.25. The highest BCUT2D eigenvalue weighted by atomic mass is 19.4. The molecule has 0 radical (unpaired) electrons. The SMILES string of the molecule is FC(F)(F)c1noc(N2CCOCC2)n1. The molecule has 1 aliphatic heterocycles. The molecule has 0 saturated carbocycles. The molecule has 5 nitrogen and oxygen atoms in total. The number of ether oxygens (including phenoxy) is 1. The number of morpholine rings is 1. The van der Waals surface area contributed by atoms with Crippen LogP contribution in [0.5, 0.6) is 0 Å². The third kappa shape index (κ3) is 2.20. The summed E-state index contributed by atoms with van der Waals surface area (Å²) in [7, 11) is 0. The van der Waals surface area contributed by atoms with Gasteiger partial charge in [-0.05, 0) is 5.16 Å². The van der Waals surface area contributed by atoms with E-state index in [2.05, 4.69) is 14.7 Å². The molecule has 84 valence electrons. The van der Waals surface area contributed by atoms with Crippen LogP contribution in [0, 0.1) is 0 Å². The van der Waals surface area contributed by atoms with E-state index in [1.807, 2.05) is 0 Å². The minimum absolute atomic E-state index is 0.106. The molecule has 1 saturated heterocycles. The average Bonchev–Trinajstić information content (AvgIpc) is 2.67. The van der Waals surface area contributed by atoms with Crippen molar-refractivity contribution < 1.29 is 22.4 Å². The molecule has 1 fully saturated rings. The standard InChI is InChI=1S/C7H8F3N3O2/c8-7(9,10)5-11-6(15-12-5)13-1-3-14-4-2-13/h1-4H2. The quantitative estimate of drug-likeness (QED) is 0.708. The fraction of sp³-hybridized carbons (Fsp3) is 0.714. The van der Waals surface area contributed by atoms with Gasteiger partial charge in [-0.3, -0.25) is 0 Å². The molecular formula is C7H8F3N3O2. The zero-order valence-corrected chi connectivity index (χ0v) is 7.62. The molecule has 0 N–H and O–H groups in total. The summed E-state index contributed by atoms with van der Waals surface area (Å²) in [4.78, 5) is 4.83. The summed E-state index contributed by atoms with van der Waals surface area (Å²) in [5.41, 5.74) is 0. The van der Waals surface area contributed by atoms with Gasteiger partial charge in [0, 0.05) is 13.1 Å². The first-order valence-electron chi connectivity index (χ1n) is 4.31. The molecule has 0 aliphatic carbocycles. The van der Waals surface area contributed by atoms with Gasteiger partial charge in [-0.15, -0.1) is 0 Å². The maximum absolute atomic E-state index is 12.1. The minimum Gasteiger partial charge on any atom is -0.378 e. The normalized spacial score (nSPS) is 18.2. The topological polar surface area (TPSA) is 51.4 Å². The molecule has 0 spiro atoms. The Morgan fingerprint density at radius 3 is 2.40 bits per heavy atom. The van der Waals surface area contributed by atoms with Crippen molar-refractivity contribution >= 4 is 6.01 Å². The lowest BCUT2D eigenvalue weighted by Crippen LogP contribution is -2.36. The predicted molar refractivity (Wildman–Crippen MR) is 42.3 cm³/mol. The van der Waals surface area contributed by atoms with Crippen molar-refractivity contribution in [2.75, 3.05) is 31.2 Å². The first-order valence-corrected chi connectivity index (χ1v) is 4.31. The van der Waals surface area contributed by atoms with Crippen LogP contribution in [0.25, 0.3) is 0 Å². The Morgan fingerprint density at radius 2 is 1.87 bits per heavy atom. The van der Waals surface area contributed by atoms with E-state index in [-0.39, 0.29) is 6.01 Å². The van der Waals surface area contributed by atoms with E-state index in [1.165, 1.54) is 0 Å². The molecule has 0 unspecified atom stereocenters. The first kappa shape index (κ1) is 10.2. The zero-order chi connectivity index (χ0) is 10.9. The summed E-state index contributed by atoms with van der Waals surface area (Å²) < 4.78 is 46.0. The maximum atomic E-state index is 12.1. The number of nitrogens with zero attached hydrogens (tertiary/aromatic N) is 3. The molecule has 0 atom stereocenters. The van der Waals surface area contributed by atoms with Gasteiger partial charge in [0.15, 0.2) is 0 Å². The molecule has 1 aromatic heterocycles. The number of alkyl halides is 3. The average molecular weight is 223 g/mol. The molecule has 2 rings (SSSR count). The van der Waals surface area contributed by atoms with E-state index in [0.717, 1.165) is 0 Å². The first-order chi connectivity index (χ1) is 7.07.